The van der Waals surface area contributed by atoms with E-state index in [4.69, 9.17) is 0 Å². The fraction of sp³-hybridized carbons (Fsp3) is 0.389. The van der Waals surface area contributed by atoms with E-state index < -0.39 is 37.7 Å². The number of carbonyl (C=O) groups excluding carboxylic acids is 1. The van der Waals surface area contributed by atoms with Crippen LogP contribution < -0.4 is 4.72 Å². The summed E-state index contributed by atoms with van der Waals surface area (Å²) in [5.74, 6) is -1.24. The summed E-state index contributed by atoms with van der Waals surface area (Å²) in [5, 5.41) is 11.7. The largest absolute Gasteiger partial charge is 0.468 e. The normalized spacial score (nSPS) is 20.8. The second-order valence-electron chi connectivity index (χ2n) is 6.53. The summed E-state index contributed by atoms with van der Waals surface area (Å²) in [6, 6.07) is 7.92. The summed E-state index contributed by atoms with van der Waals surface area (Å²) in [6.45, 7) is 3.24. The molecule has 0 bridgehead atoms. The van der Waals surface area contributed by atoms with Crippen LogP contribution in [0.4, 0.5) is 0 Å². The van der Waals surface area contributed by atoms with Crippen molar-refractivity contribution in [2.75, 3.05) is 7.11 Å². The number of carbonyl (C=O) groups is 1. The summed E-state index contributed by atoms with van der Waals surface area (Å²) < 4.78 is 32.5. The first-order valence-electron chi connectivity index (χ1n) is 8.33. The summed E-state index contributed by atoms with van der Waals surface area (Å²) in [4.78, 5) is 20.4. The first kappa shape index (κ1) is 20.8. The third-order valence-electron chi connectivity index (χ3n) is 4.42. The van der Waals surface area contributed by atoms with Crippen molar-refractivity contribution in [3.63, 3.8) is 0 Å². The molecule has 0 aromatic heterocycles. The summed E-state index contributed by atoms with van der Waals surface area (Å²) in [6.07, 6.45) is 3.64. The topological polar surface area (TPSA) is 116 Å². The predicted molar refractivity (Wildman–Crippen MR) is 101 cm³/mol. The van der Waals surface area contributed by atoms with Crippen molar-refractivity contribution in [2.45, 2.75) is 31.2 Å². The molecule has 0 radical (unpaired) electrons. The van der Waals surface area contributed by atoms with Gasteiger partial charge in [-0.2, -0.15) is 4.72 Å². The zero-order valence-corrected chi connectivity index (χ0v) is 16.1. The molecule has 27 heavy (non-hydrogen) atoms. The van der Waals surface area contributed by atoms with Crippen LogP contribution in [-0.4, -0.2) is 37.3 Å². The van der Waals surface area contributed by atoms with Gasteiger partial charge in [0, 0.05) is 11.0 Å². The quantitative estimate of drug-likeness (QED) is 0.430. The number of sulfonamides is 1. The van der Waals surface area contributed by atoms with Crippen LogP contribution in [0.25, 0.3) is 5.57 Å². The Hall–Kier alpha value is -2.52. The van der Waals surface area contributed by atoms with E-state index in [9.17, 15) is 23.3 Å². The maximum absolute atomic E-state index is 12.9. The van der Waals surface area contributed by atoms with Crippen molar-refractivity contribution in [3.05, 3.63) is 64.2 Å². The molecule has 2 rings (SSSR count). The van der Waals surface area contributed by atoms with Crippen LogP contribution in [0.3, 0.4) is 0 Å². The molecule has 8 nitrogen and oxygen atoms in total. The summed E-state index contributed by atoms with van der Waals surface area (Å²) in [7, 11) is -3.40. The number of nitrogens with one attached hydrogen (secondary N) is 1. The van der Waals surface area contributed by atoms with Crippen molar-refractivity contribution >= 4 is 21.6 Å². The minimum Gasteiger partial charge on any atom is -0.468 e. The zero-order chi connectivity index (χ0) is 20.2. The molecule has 0 aliphatic heterocycles. The molecule has 9 heteroatoms. The van der Waals surface area contributed by atoms with Gasteiger partial charge in [-0.3, -0.25) is 14.9 Å². The maximum atomic E-state index is 12.9. The highest BCUT2D eigenvalue weighted by Crippen LogP contribution is 2.33. The van der Waals surface area contributed by atoms with Crippen LogP contribution in [0, 0.1) is 16.0 Å². The SMILES string of the molecule is COC(=O)[C@@H](NS(=O)(=O)C1([N+](=O)[O-])C=CC(c2ccccc2)=CC1)C(C)C. The summed E-state index contributed by atoms with van der Waals surface area (Å²) >= 11 is 0. The number of esters is 1. The predicted octanol–water partition coefficient (Wildman–Crippen LogP) is 2.12. The molecule has 1 N–H and O–H groups in total. The lowest BCUT2D eigenvalue weighted by Crippen LogP contribution is -2.56. The average molecular weight is 394 g/mol. The second kappa shape index (κ2) is 8.01. The van der Waals surface area contributed by atoms with E-state index in [1.54, 1.807) is 13.8 Å². The molecular formula is C18H22N2O6S. The number of rotatable bonds is 7. The lowest BCUT2D eigenvalue weighted by atomic mass is 9.97. The van der Waals surface area contributed by atoms with Crippen LogP contribution in [0.1, 0.15) is 25.8 Å². The third-order valence-corrected chi connectivity index (χ3v) is 6.37. The van der Waals surface area contributed by atoms with Gasteiger partial charge in [-0.15, -0.1) is 0 Å². The van der Waals surface area contributed by atoms with Gasteiger partial charge in [0.05, 0.1) is 13.5 Å². The lowest BCUT2D eigenvalue weighted by molar-refractivity contribution is -0.526. The number of hydrogen-bond acceptors (Lipinski definition) is 6. The molecule has 1 aromatic carbocycles. The van der Waals surface area contributed by atoms with Gasteiger partial charge in [0.1, 0.15) is 6.04 Å². The minimum atomic E-state index is -4.53. The monoisotopic (exact) mass is 394 g/mol. The fourth-order valence-corrected chi connectivity index (χ4v) is 4.40. The van der Waals surface area contributed by atoms with Crippen LogP contribution in [0.5, 0.6) is 0 Å². The Morgan fingerprint density at radius 3 is 2.37 bits per heavy atom. The molecular weight excluding hydrogens is 372 g/mol. The number of allylic oxidation sites excluding steroid dienone is 2. The minimum absolute atomic E-state index is 0.359. The standard InChI is InChI=1S/C18H22N2O6S/c1-13(2)16(17(21)26-3)19-27(24,25)18(20(22)23)11-9-15(10-12-18)14-7-5-4-6-8-14/h4-11,13,16,19H,12H2,1-3H3/t16-,18?/m0/s1. The molecule has 0 saturated heterocycles. The molecule has 1 aliphatic rings. The highest BCUT2D eigenvalue weighted by Gasteiger charge is 2.55. The van der Waals surface area contributed by atoms with Gasteiger partial charge in [-0.1, -0.05) is 56.3 Å². The van der Waals surface area contributed by atoms with Crippen LogP contribution >= 0.6 is 0 Å². The highest BCUT2D eigenvalue weighted by atomic mass is 32.2. The maximum Gasteiger partial charge on any atom is 0.354 e. The van der Waals surface area contributed by atoms with Gasteiger partial charge in [-0.05, 0) is 17.1 Å². The number of hydrogen-bond donors (Lipinski definition) is 1. The number of ether oxygens (including phenoxy) is 1. The Morgan fingerprint density at radius 2 is 1.93 bits per heavy atom. The Morgan fingerprint density at radius 1 is 1.30 bits per heavy atom. The van der Waals surface area contributed by atoms with Gasteiger partial charge in [0.25, 0.3) is 10.0 Å². The van der Waals surface area contributed by atoms with E-state index in [1.165, 1.54) is 12.2 Å². The van der Waals surface area contributed by atoms with Crippen molar-refractivity contribution in [1.29, 1.82) is 0 Å². The molecule has 0 saturated carbocycles. The van der Waals surface area contributed by atoms with E-state index in [-0.39, 0.29) is 6.42 Å². The number of nitro groups is 1. The van der Waals surface area contributed by atoms with Crippen molar-refractivity contribution in [2.24, 2.45) is 5.92 Å². The zero-order valence-electron chi connectivity index (χ0n) is 15.3. The number of benzene rings is 1. The molecule has 1 aromatic rings. The van der Waals surface area contributed by atoms with Gasteiger partial charge in [-0.25, -0.2) is 8.42 Å². The molecule has 2 atom stereocenters. The van der Waals surface area contributed by atoms with Gasteiger partial charge in [0.2, 0.25) is 0 Å². The highest BCUT2D eigenvalue weighted by molar-refractivity contribution is 7.90. The van der Waals surface area contributed by atoms with Crippen molar-refractivity contribution in [1.82, 2.24) is 4.72 Å². The van der Waals surface area contributed by atoms with Crippen molar-refractivity contribution in [3.8, 4) is 0 Å². The Bertz CT molecular complexity index is 876. The van der Waals surface area contributed by atoms with E-state index in [0.717, 1.165) is 18.7 Å². The molecule has 1 aliphatic carbocycles. The fourth-order valence-electron chi connectivity index (χ4n) is 2.74. The smallest absolute Gasteiger partial charge is 0.354 e. The third kappa shape index (κ3) is 4.09. The van der Waals surface area contributed by atoms with E-state index in [1.807, 2.05) is 30.3 Å². The number of methoxy groups -OCH3 is 1. The van der Waals surface area contributed by atoms with E-state index >= 15 is 0 Å². The molecule has 1 unspecified atom stereocenters. The van der Waals surface area contributed by atoms with Gasteiger partial charge >= 0.3 is 10.8 Å². The van der Waals surface area contributed by atoms with Crippen LogP contribution in [0.2, 0.25) is 0 Å². The Labute approximate surface area is 158 Å². The molecule has 146 valence electrons. The van der Waals surface area contributed by atoms with Crippen LogP contribution in [0.15, 0.2) is 48.6 Å². The van der Waals surface area contributed by atoms with Crippen molar-refractivity contribution < 1.29 is 22.9 Å². The summed E-state index contributed by atoms with van der Waals surface area (Å²) in [5.41, 5.74) is 1.52. The van der Waals surface area contributed by atoms with E-state index in [0.29, 0.717) is 5.57 Å². The second-order valence-corrected chi connectivity index (χ2v) is 8.48. The van der Waals surface area contributed by atoms with Crippen LogP contribution in [-0.2, 0) is 19.6 Å². The number of nitrogens with zero attached hydrogens (tertiary/aromatic N) is 1. The Balaban J connectivity index is 2.37. The molecule has 0 fully saturated rings. The first-order chi connectivity index (χ1) is 12.6. The molecule has 0 amide bonds. The molecule has 0 heterocycles. The average Bonchev–Trinajstić information content (AvgIpc) is 2.65. The van der Waals surface area contributed by atoms with E-state index in [2.05, 4.69) is 9.46 Å². The molecule has 0 spiro atoms. The lowest BCUT2D eigenvalue weighted by Gasteiger charge is -2.27. The first-order valence-corrected chi connectivity index (χ1v) is 9.82. The van der Waals surface area contributed by atoms with Gasteiger partial charge in [0.15, 0.2) is 0 Å². The Kier molecular flexibility index (Phi) is 6.17. The van der Waals surface area contributed by atoms with Gasteiger partial charge < -0.3 is 4.74 Å².